The van der Waals surface area contributed by atoms with Crippen molar-refractivity contribution in [1.29, 1.82) is 0 Å². The van der Waals surface area contributed by atoms with Crippen LogP contribution in [0.2, 0.25) is 0 Å². The molecule has 2 rings (SSSR count). The van der Waals surface area contributed by atoms with Crippen molar-refractivity contribution in [1.82, 2.24) is 5.32 Å². The molecule has 2 aromatic carbocycles. The van der Waals surface area contributed by atoms with Crippen LogP contribution in [0.15, 0.2) is 48.5 Å². The van der Waals surface area contributed by atoms with E-state index in [1.54, 1.807) is 0 Å². The lowest BCUT2D eigenvalue weighted by Gasteiger charge is -2.21. The molecule has 0 bridgehead atoms. The van der Waals surface area contributed by atoms with Gasteiger partial charge in [-0.15, -0.1) is 0 Å². The highest BCUT2D eigenvalue weighted by Crippen LogP contribution is 2.25. The first kappa shape index (κ1) is 23.8. The summed E-state index contributed by atoms with van der Waals surface area (Å²) in [6.45, 7) is 15.9. The van der Waals surface area contributed by atoms with Gasteiger partial charge in [0.25, 0.3) is 5.91 Å². The van der Waals surface area contributed by atoms with Crippen molar-refractivity contribution in [3.63, 3.8) is 0 Å². The lowest BCUT2D eigenvalue weighted by molar-refractivity contribution is -0.128. The Hall–Kier alpha value is -2.49. The van der Waals surface area contributed by atoms with Gasteiger partial charge in [-0.05, 0) is 52.6 Å². The van der Waals surface area contributed by atoms with Crippen LogP contribution in [0, 0.1) is 0 Å². The van der Waals surface area contributed by atoms with Gasteiger partial charge < -0.3 is 14.8 Å². The van der Waals surface area contributed by atoms with Gasteiger partial charge in [-0.3, -0.25) is 4.79 Å². The van der Waals surface area contributed by atoms with Gasteiger partial charge >= 0.3 is 0 Å². The van der Waals surface area contributed by atoms with Gasteiger partial charge in [0.2, 0.25) is 0 Å². The Balaban J connectivity index is 1.80. The zero-order valence-corrected chi connectivity index (χ0v) is 19.5. The first-order valence-corrected chi connectivity index (χ1v) is 10.8. The molecule has 0 radical (unpaired) electrons. The molecule has 0 aliphatic heterocycles. The SMILES string of the molecule is CC[C@H](Oc1ccc(C(C)(C)C)cc1)C(=O)NCCOc1ccc(C(C)(C)C)cc1. The van der Waals surface area contributed by atoms with Gasteiger partial charge in [0.05, 0.1) is 6.54 Å². The zero-order chi connectivity index (χ0) is 22.4. The van der Waals surface area contributed by atoms with Crippen LogP contribution in [0.3, 0.4) is 0 Å². The van der Waals surface area contributed by atoms with E-state index < -0.39 is 6.10 Å². The number of rotatable bonds is 8. The largest absolute Gasteiger partial charge is 0.492 e. The molecule has 0 saturated carbocycles. The smallest absolute Gasteiger partial charge is 0.261 e. The van der Waals surface area contributed by atoms with Gasteiger partial charge in [-0.2, -0.15) is 0 Å². The van der Waals surface area contributed by atoms with Crippen LogP contribution in [-0.2, 0) is 15.6 Å². The van der Waals surface area contributed by atoms with E-state index >= 15 is 0 Å². The minimum atomic E-state index is -0.517. The summed E-state index contributed by atoms with van der Waals surface area (Å²) in [4.78, 5) is 12.5. The van der Waals surface area contributed by atoms with Crippen molar-refractivity contribution < 1.29 is 14.3 Å². The van der Waals surface area contributed by atoms with E-state index in [1.807, 2.05) is 31.2 Å². The van der Waals surface area contributed by atoms with Gasteiger partial charge in [0, 0.05) is 0 Å². The van der Waals surface area contributed by atoms with Crippen LogP contribution >= 0.6 is 0 Å². The van der Waals surface area contributed by atoms with Crippen molar-refractivity contribution in [3.8, 4) is 11.5 Å². The molecule has 0 aromatic heterocycles. The normalized spacial score (nSPS) is 12.9. The lowest BCUT2D eigenvalue weighted by atomic mass is 9.87. The topological polar surface area (TPSA) is 47.6 Å². The van der Waals surface area contributed by atoms with Gasteiger partial charge in [-0.25, -0.2) is 0 Å². The summed E-state index contributed by atoms with van der Waals surface area (Å²) in [7, 11) is 0. The van der Waals surface area contributed by atoms with E-state index in [-0.39, 0.29) is 16.7 Å². The minimum Gasteiger partial charge on any atom is -0.492 e. The van der Waals surface area contributed by atoms with Gasteiger partial charge in [0.1, 0.15) is 18.1 Å². The van der Waals surface area contributed by atoms with E-state index in [0.717, 1.165) is 5.75 Å². The summed E-state index contributed by atoms with van der Waals surface area (Å²) in [5.74, 6) is 1.39. The molecule has 30 heavy (non-hydrogen) atoms. The number of carbonyl (C=O) groups is 1. The molecule has 0 unspecified atom stereocenters. The summed E-state index contributed by atoms with van der Waals surface area (Å²) in [5.41, 5.74) is 2.71. The molecule has 0 saturated heterocycles. The van der Waals surface area contributed by atoms with Crippen LogP contribution in [0.25, 0.3) is 0 Å². The Morgan fingerprint density at radius 3 is 1.73 bits per heavy atom. The highest BCUT2D eigenvalue weighted by Gasteiger charge is 2.19. The van der Waals surface area contributed by atoms with E-state index in [2.05, 4.69) is 71.1 Å². The predicted molar refractivity (Wildman–Crippen MR) is 123 cm³/mol. The number of ether oxygens (including phenoxy) is 2. The average molecular weight is 412 g/mol. The van der Waals surface area contributed by atoms with Gasteiger partial charge in [-0.1, -0.05) is 72.7 Å². The van der Waals surface area contributed by atoms with Crippen molar-refractivity contribution in [3.05, 3.63) is 59.7 Å². The van der Waals surface area contributed by atoms with Crippen LogP contribution in [0.1, 0.15) is 66.0 Å². The molecule has 1 atom stereocenters. The fraction of sp³-hybridized carbons (Fsp3) is 0.500. The first-order chi connectivity index (χ1) is 14.0. The van der Waals surface area contributed by atoms with Crippen LogP contribution in [0.5, 0.6) is 11.5 Å². The summed E-state index contributed by atoms with van der Waals surface area (Å²) < 4.78 is 11.6. The standard InChI is InChI=1S/C26H37NO3/c1-8-23(30-22-15-11-20(12-16-22)26(5,6)7)24(28)27-17-18-29-21-13-9-19(10-14-21)25(2,3)4/h9-16,23H,8,17-18H2,1-7H3,(H,27,28)/t23-/m0/s1. The van der Waals surface area contributed by atoms with E-state index in [4.69, 9.17) is 9.47 Å². The van der Waals surface area contributed by atoms with Crippen molar-refractivity contribution >= 4 is 5.91 Å². The van der Waals surface area contributed by atoms with Crippen molar-refractivity contribution in [2.45, 2.75) is 71.8 Å². The predicted octanol–water partition coefficient (Wildman–Crippen LogP) is 5.63. The highest BCUT2D eigenvalue weighted by atomic mass is 16.5. The van der Waals surface area contributed by atoms with E-state index in [1.165, 1.54) is 11.1 Å². The maximum absolute atomic E-state index is 12.5. The summed E-state index contributed by atoms with van der Waals surface area (Å²) in [5, 5.41) is 2.91. The van der Waals surface area contributed by atoms with Crippen LogP contribution in [0.4, 0.5) is 0 Å². The zero-order valence-electron chi connectivity index (χ0n) is 19.5. The second-order valence-corrected chi connectivity index (χ2v) is 9.70. The Labute approximate surface area is 182 Å². The number of hydrogen-bond acceptors (Lipinski definition) is 3. The number of nitrogens with one attached hydrogen (secondary N) is 1. The molecule has 4 nitrogen and oxygen atoms in total. The van der Waals surface area contributed by atoms with Crippen molar-refractivity contribution in [2.75, 3.05) is 13.2 Å². The Morgan fingerprint density at radius 2 is 1.30 bits per heavy atom. The number of hydrogen-bond donors (Lipinski definition) is 1. The Bertz CT molecular complexity index is 796. The molecule has 0 fully saturated rings. The Kier molecular flexibility index (Phi) is 7.94. The second kappa shape index (κ2) is 10.0. The molecule has 0 spiro atoms. The lowest BCUT2D eigenvalue weighted by Crippen LogP contribution is -2.39. The quantitative estimate of drug-likeness (QED) is 0.572. The fourth-order valence-corrected chi connectivity index (χ4v) is 3.03. The van der Waals surface area contributed by atoms with Crippen molar-refractivity contribution in [2.24, 2.45) is 0 Å². The van der Waals surface area contributed by atoms with Crippen LogP contribution in [-0.4, -0.2) is 25.2 Å². The molecule has 164 valence electrons. The van der Waals surface area contributed by atoms with Crippen LogP contribution < -0.4 is 14.8 Å². The van der Waals surface area contributed by atoms with E-state index in [0.29, 0.717) is 25.3 Å². The third-order valence-electron chi connectivity index (χ3n) is 5.05. The summed E-state index contributed by atoms with van der Waals surface area (Å²) in [6, 6.07) is 16.1. The maximum atomic E-state index is 12.5. The Morgan fingerprint density at radius 1 is 0.833 bits per heavy atom. The fourth-order valence-electron chi connectivity index (χ4n) is 3.03. The van der Waals surface area contributed by atoms with E-state index in [9.17, 15) is 4.79 Å². The summed E-state index contributed by atoms with van der Waals surface area (Å²) >= 11 is 0. The molecule has 1 amide bonds. The molecular weight excluding hydrogens is 374 g/mol. The monoisotopic (exact) mass is 411 g/mol. The molecule has 4 heteroatoms. The molecular formula is C26H37NO3. The highest BCUT2D eigenvalue weighted by molar-refractivity contribution is 5.81. The van der Waals surface area contributed by atoms with Gasteiger partial charge in [0.15, 0.2) is 6.10 Å². The summed E-state index contributed by atoms with van der Waals surface area (Å²) in [6.07, 6.45) is 0.0821. The third-order valence-corrected chi connectivity index (χ3v) is 5.05. The first-order valence-electron chi connectivity index (χ1n) is 10.8. The average Bonchev–Trinajstić information content (AvgIpc) is 2.68. The maximum Gasteiger partial charge on any atom is 0.261 e. The molecule has 1 N–H and O–H groups in total. The molecule has 0 aliphatic rings. The molecule has 0 heterocycles. The number of carbonyl (C=O) groups excluding carboxylic acids is 1. The second-order valence-electron chi connectivity index (χ2n) is 9.70. The number of benzene rings is 2. The molecule has 2 aromatic rings. The molecule has 0 aliphatic carbocycles. The third kappa shape index (κ3) is 7.08. The number of amides is 1. The minimum absolute atomic E-state index is 0.0904.